The summed E-state index contributed by atoms with van der Waals surface area (Å²) < 4.78 is 5.21. The molecule has 2 unspecified atom stereocenters. The third kappa shape index (κ3) is 9.44. The molecule has 2 aliphatic rings. The molecule has 7 heteroatoms. The van der Waals surface area contributed by atoms with Gasteiger partial charge in [0.15, 0.2) is 5.78 Å². The van der Waals surface area contributed by atoms with Crippen LogP contribution in [-0.4, -0.2) is 43.0 Å². The van der Waals surface area contributed by atoms with Crippen molar-refractivity contribution in [2.45, 2.75) is 44.7 Å². The number of amides is 2. The highest BCUT2D eigenvalue weighted by molar-refractivity contribution is 5.85. The van der Waals surface area contributed by atoms with Gasteiger partial charge in [-0.05, 0) is 50.3 Å². The lowest BCUT2D eigenvalue weighted by molar-refractivity contribution is -0.120. The first-order valence-electron chi connectivity index (χ1n) is 10.5. The monoisotopic (exact) mass is 425 g/mol. The van der Waals surface area contributed by atoms with Crippen LogP contribution in [0.2, 0.25) is 0 Å². The van der Waals surface area contributed by atoms with Crippen LogP contribution >= 0.6 is 0 Å². The molecule has 0 saturated carbocycles. The molecule has 0 radical (unpaired) electrons. The van der Waals surface area contributed by atoms with Crippen LogP contribution in [0.4, 0.5) is 4.79 Å². The molecule has 7 nitrogen and oxygen atoms in total. The van der Waals surface area contributed by atoms with Crippen LogP contribution < -0.4 is 16.4 Å². The number of carbonyl (C=O) groups is 3. The molecule has 0 bridgehead atoms. The van der Waals surface area contributed by atoms with Crippen LogP contribution in [0.25, 0.3) is 0 Å². The first kappa shape index (κ1) is 24.1. The van der Waals surface area contributed by atoms with Gasteiger partial charge in [-0.25, -0.2) is 4.79 Å². The molecule has 2 atom stereocenters. The van der Waals surface area contributed by atoms with Crippen molar-refractivity contribution < 1.29 is 19.1 Å². The van der Waals surface area contributed by atoms with Crippen LogP contribution in [0, 0.1) is 0 Å². The number of primary amides is 1. The van der Waals surface area contributed by atoms with E-state index in [0.717, 1.165) is 36.9 Å². The van der Waals surface area contributed by atoms with E-state index in [4.69, 9.17) is 10.5 Å². The average molecular weight is 426 g/mol. The average Bonchev–Trinajstić information content (AvgIpc) is 3.18. The molecular weight excluding hydrogens is 394 g/mol. The number of benzene rings is 1. The normalized spacial score (nSPS) is 18.1. The minimum absolute atomic E-state index is 0.0463. The summed E-state index contributed by atoms with van der Waals surface area (Å²) in [5, 5.41) is 5.62. The fourth-order valence-electron chi connectivity index (χ4n) is 3.14. The maximum absolute atomic E-state index is 11.9. The van der Waals surface area contributed by atoms with Crippen molar-refractivity contribution in [3.05, 3.63) is 71.8 Å². The first-order valence-corrected chi connectivity index (χ1v) is 10.5. The number of Topliss-reactive ketones (excluding diaryl/α,β-unsaturated/α-hetero) is 1. The lowest BCUT2D eigenvalue weighted by Crippen LogP contribution is -2.41. The van der Waals surface area contributed by atoms with E-state index in [2.05, 4.69) is 10.6 Å². The highest BCUT2D eigenvalue weighted by Crippen LogP contribution is 2.07. The van der Waals surface area contributed by atoms with Gasteiger partial charge in [0.1, 0.15) is 6.61 Å². The quantitative estimate of drug-likeness (QED) is 0.622. The molecule has 1 saturated heterocycles. The Morgan fingerprint density at radius 2 is 2.00 bits per heavy atom. The summed E-state index contributed by atoms with van der Waals surface area (Å²) in [5.41, 5.74) is 6.93. The summed E-state index contributed by atoms with van der Waals surface area (Å²) >= 11 is 0. The van der Waals surface area contributed by atoms with E-state index in [9.17, 15) is 14.4 Å². The Balaban J connectivity index is 0.000000357. The second-order valence-corrected chi connectivity index (χ2v) is 7.43. The molecule has 2 amide bonds. The second kappa shape index (κ2) is 13.2. The number of alkyl carbamates (subject to hydrolysis) is 1. The molecule has 166 valence electrons. The Morgan fingerprint density at radius 3 is 2.61 bits per heavy atom. The van der Waals surface area contributed by atoms with Gasteiger partial charge >= 0.3 is 6.09 Å². The minimum atomic E-state index is -0.578. The van der Waals surface area contributed by atoms with Crippen molar-refractivity contribution >= 4 is 17.8 Å². The highest BCUT2D eigenvalue weighted by Gasteiger charge is 2.19. The third-order valence-corrected chi connectivity index (χ3v) is 4.91. The van der Waals surface area contributed by atoms with E-state index in [1.165, 1.54) is 6.92 Å². The molecule has 1 aliphatic heterocycles. The van der Waals surface area contributed by atoms with E-state index in [-0.39, 0.29) is 24.3 Å². The minimum Gasteiger partial charge on any atom is -0.445 e. The fourth-order valence-corrected chi connectivity index (χ4v) is 3.14. The zero-order valence-corrected chi connectivity index (χ0v) is 17.9. The SMILES string of the molecule is CC(=O)C(Cc1ccccc1)NC(=O)OCC1=CCC=CC=C1.NC(=O)C1CCCN1. The van der Waals surface area contributed by atoms with E-state index >= 15 is 0 Å². The van der Waals surface area contributed by atoms with Crippen LogP contribution in [-0.2, 0) is 20.7 Å². The summed E-state index contributed by atoms with van der Waals surface area (Å²) in [7, 11) is 0. The zero-order valence-electron chi connectivity index (χ0n) is 17.9. The number of hydrogen-bond acceptors (Lipinski definition) is 5. The van der Waals surface area contributed by atoms with Crippen LogP contribution in [0.3, 0.4) is 0 Å². The number of rotatable bonds is 7. The van der Waals surface area contributed by atoms with Gasteiger partial charge < -0.3 is 21.1 Å². The van der Waals surface area contributed by atoms with Gasteiger partial charge in [-0.1, -0.05) is 60.7 Å². The van der Waals surface area contributed by atoms with Gasteiger partial charge in [0, 0.05) is 0 Å². The fraction of sp³-hybridized carbons (Fsp3) is 0.375. The summed E-state index contributed by atoms with van der Waals surface area (Å²) in [6, 6.07) is 8.96. The lowest BCUT2D eigenvalue weighted by atomic mass is 10.0. The Hall–Kier alpha value is -3.19. The van der Waals surface area contributed by atoms with E-state index in [1.54, 1.807) is 0 Å². The van der Waals surface area contributed by atoms with E-state index in [0.29, 0.717) is 6.42 Å². The van der Waals surface area contributed by atoms with Crippen LogP contribution in [0.5, 0.6) is 0 Å². The number of ketones is 1. The van der Waals surface area contributed by atoms with Gasteiger partial charge in [-0.3, -0.25) is 9.59 Å². The number of nitrogens with one attached hydrogen (secondary N) is 2. The Kier molecular flexibility index (Phi) is 10.2. The maximum Gasteiger partial charge on any atom is 0.408 e. The van der Waals surface area contributed by atoms with Crippen LogP contribution in [0.15, 0.2) is 66.3 Å². The van der Waals surface area contributed by atoms with Crippen molar-refractivity contribution in [2.24, 2.45) is 5.73 Å². The second-order valence-electron chi connectivity index (χ2n) is 7.43. The summed E-state index contributed by atoms with van der Waals surface area (Å²) in [6.45, 7) is 2.60. The molecule has 1 fully saturated rings. The predicted octanol–water partition coefficient (Wildman–Crippen LogP) is 2.58. The number of allylic oxidation sites excluding steroid dienone is 4. The van der Waals surface area contributed by atoms with Gasteiger partial charge in [0.05, 0.1) is 12.1 Å². The molecule has 1 heterocycles. The Labute approximate surface area is 183 Å². The molecule has 1 aromatic carbocycles. The molecule has 0 spiro atoms. The number of nitrogens with two attached hydrogens (primary N) is 1. The van der Waals surface area contributed by atoms with Gasteiger partial charge in [-0.2, -0.15) is 0 Å². The molecule has 4 N–H and O–H groups in total. The summed E-state index contributed by atoms with van der Waals surface area (Å²) in [6.07, 6.45) is 12.5. The van der Waals surface area contributed by atoms with Gasteiger partial charge in [0.25, 0.3) is 0 Å². The first-order chi connectivity index (χ1) is 15.0. The van der Waals surface area contributed by atoms with Gasteiger partial charge in [-0.15, -0.1) is 0 Å². The topological polar surface area (TPSA) is 111 Å². The molecule has 3 rings (SSSR count). The molecule has 1 aromatic rings. The molecule has 1 aliphatic carbocycles. The maximum atomic E-state index is 11.9. The Morgan fingerprint density at radius 1 is 1.23 bits per heavy atom. The smallest absolute Gasteiger partial charge is 0.408 e. The van der Waals surface area contributed by atoms with E-state index in [1.807, 2.05) is 60.7 Å². The van der Waals surface area contributed by atoms with Crippen molar-refractivity contribution in [1.29, 1.82) is 0 Å². The third-order valence-electron chi connectivity index (χ3n) is 4.91. The van der Waals surface area contributed by atoms with Gasteiger partial charge in [0.2, 0.25) is 5.91 Å². The largest absolute Gasteiger partial charge is 0.445 e. The predicted molar refractivity (Wildman–Crippen MR) is 120 cm³/mol. The number of ether oxygens (including phenoxy) is 1. The standard InChI is InChI=1S/C19H21NO3.C5H10N2O/c1-15(21)18(13-16-9-7-4-8-10-16)20-19(22)23-14-17-11-5-2-3-6-12-17;6-5(8)4-2-1-3-7-4/h2-5,7-12,18H,6,13-14H2,1H3,(H,20,22);4,7H,1-3H2,(H2,6,8). The van der Waals surface area contributed by atoms with Crippen molar-refractivity contribution in [1.82, 2.24) is 10.6 Å². The molecule has 31 heavy (non-hydrogen) atoms. The summed E-state index contributed by atoms with van der Waals surface area (Å²) in [4.78, 5) is 34.0. The van der Waals surface area contributed by atoms with Crippen LogP contribution in [0.1, 0.15) is 31.7 Å². The van der Waals surface area contributed by atoms with Crippen molar-refractivity contribution in [3.63, 3.8) is 0 Å². The highest BCUT2D eigenvalue weighted by atomic mass is 16.5. The zero-order chi connectivity index (χ0) is 22.5. The summed E-state index contributed by atoms with van der Waals surface area (Å²) in [5.74, 6) is -0.314. The number of carbonyl (C=O) groups excluding carboxylic acids is 3. The molecule has 0 aromatic heterocycles. The Bertz CT molecular complexity index is 824. The van der Waals surface area contributed by atoms with E-state index < -0.39 is 12.1 Å². The lowest BCUT2D eigenvalue weighted by Gasteiger charge is -2.16. The van der Waals surface area contributed by atoms with Crippen molar-refractivity contribution in [3.8, 4) is 0 Å². The number of hydrogen-bond donors (Lipinski definition) is 3. The molecular formula is C24H31N3O4. The van der Waals surface area contributed by atoms with Crippen molar-refractivity contribution in [2.75, 3.05) is 13.2 Å².